The molecule has 0 spiro atoms. The standard InChI is InChI=1S/C17H20N2O3S/c1-5-6-12-7-13(8-14(21-3)16(12)22-4)17(20)18-9-15-19-11(2)10-23-15/h5-8,10H,9H2,1-4H3,(H,18,20). The zero-order valence-corrected chi connectivity index (χ0v) is 14.5. The number of carbonyl (C=O) groups excluding carboxylic acids is 1. The van der Waals surface area contributed by atoms with E-state index >= 15 is 0 Å². The molecule has 1 amide bonds. The number of methoxy groups -OCH3 is 2. The van der Waals surface area contributed by atoms with Crippen LogP contribution in [-0.4, -0.2) is 25.1 Å². The van der Waals surface area contributed by atoms with Crippen LogP contribution in [0.1, 0.15) is 33.5 Å². The Morgan fingerprint density at radius 2 is 2.13 bits per heavy atom. The van der Waals surface area contributed by atoms with Crippen molar-refractivity contribution in [3.8, 4) is 11.5 Å². The molecular weight excluding hydrogens is 312 g/mol. The second-order valence-corrected chi connectivity index (χ2v) is 5.81. The Balaban J connectivity index is 2.23. The van der Waals surface area contributed by atoms with Gasteiger partial charge in [-0.1, -0.05) is 12.2 Å². The van der Waals surface area contributed by atoms with Crippen molar-refractivity contribution in [1.29, 1.82) is 0 Å². The summed E-state index contributed by atoms with van der Waals surface area (Å²) in [6.45, 7) is 4.24. The van der Waals surface area contributed by atoms with Gasteiger partial charge in [-0.05, 0) is 26.0 Å². The van der Waals surface area contributed by atoms with Crippen LogP contribution < -0.4 is 14.8 Å². The number of hydrogen-bond acceptors (Lipinski definition) is 5. The monoisotopic (exact) mass is 332 g/mol. The van der Waals surface area contributed by atoms with Crippen molar-refractivity contribution in [3.63, 3.8) is 0 Å². The number of amides is 1. The quantitative estimate of drug-likeness (QED) is 0.880. The van der Waals surface area contributed by atoms with E-state index in [1.165, 1.54) is 11.3 Å². The van der Waals surface area contributed by atoms with Crippen LogP contribution in [0.3, 0.4) is 0 Å². The Hall–Kier alpha value is -2.34. The van der Waals surface area contributed by atoms with E-state index in [-0.39, 0.29) is 5.91 Å². The van der Waals surface area contributed by atoms with E-state index in [1.54, 1.807) is 26.4 Å². The molecule has 0 aliphatic rings. The number of aromatic nitrogens is 1. The molecule has 1 heterocycles. The lowest BCUT2D eigenvalue weighted by molar-refractivity contribution is 0.0950. The fourth-order valence-electron chi connectivity index (χ4n) is 2.17. The molecule has 0 fully saturated rings. The summed E-state index contributed by atoms with van der Waals surface area (Å²) in [5.74, 6) is 0.959. The zero-order valence-electron chi connectivity index (χ0n) is 13.7. The molecule has 122 valence electrons. The Bertz CT molecular complexity index is 723. The zero-order chi connectivity index (χ0) is 16.8. The van der Waals surface area contributed by atoms with Gasteiger partial charge in [-0.2, -0.15) is 0 Å². The van der Waals surface area contributed by atoms with Crippen LogP contribution in [0, 0.1) is 6.92 Å². The van der Waals surface area contributed by atoms with Gasteiger partial charge in [0.25, 0.3) is 5.91 Å². The first kappa shape index (κ1) is 17.0. The summed E-state index contributed by atoms with van der Waals surface area (Å²) in [7, 11) is 3.13. The molecule has 23 heavy (non-hydrogen) atoms. The maximum atomic E-state index is 12.4. The third-order valence-electron chi connectivity index (χ3n) is 3.18. The fourth-order valence-corrected chi connectivity index (χ4v) is 2.88. The molecule has 0 bridgehead atoms. The van der Waals surface area contributed by atoms with Gasteiger partial charge in [-0.25, -0.2) is 4.98 Å². The molecule has 2 rings (SSSR count). The largest absolute Gasteiger partial charge is 0.493 e. The molecule has 0 atom stereocenters. The lowest BCUT2D eigenvalue weighted by Gasteiger charge is -2.13. The van der Waals surface area contributed by atoms with Gasteiger partial charge in [0, 0.05) is 22.2 Å². The number of benzene rings is 1. The van der Waals surface area contributed by atoms with Gasteiger partial charge >= 0.3 is 0 Å². The summed E-state index contributed by atoms with van der Waals surface area (Å²) in [6, 6.07) is 3.46. The van der Waals surface area contributed by atoms with Crippen LogP contribution in [0.25, 0.3) is 6.08 Å². The molecule has 0 saturated carbocycles. The molecule has 0 unspecified atom stereocenters. The van der Waals surface area contributed by atoms with E-state index < -0.39 is 0 Å². The topological polar surface area (TPSA) is 60.5 Å². The second kappa shape index (κ2) is 7.78. The second-order valence-electron chi connectivity index (χ2n) is 4.87. The van der Waals surface area contributed by atoms with E-state index in [1.807, 2.05) is 31.4 Å². The average Bonchev–Trinajstić information content (AvgIpc) is 2.97. The van der Waals surface area contributed by atoms with Gasteiger partial charge in [-0.3, -0.25) is 4.79 Å². The molecule has 6 heteroatoms. The van der Waals surface area contributed by atoms with E-state index in [9.17, 15) is 4.79 Å². The predicted octanol–water partition coefficient (Wildman–Crippen LogP) is 3.43. The van der Waals surface area contributed by atoms with Gasteiger partial charge in [0.15, 0.2) is 11.5 Å². The van der Waals surface area contributed by atoms with E-state index in [2.05, 4.69) is 10.3 Å². The highest BCUT2D eigenvalue weighted by molar-refractivity contribution is 7.09. The minimum Gasteiger partial charge on any atom is -0.493 e. The highest BCUT2D eigenvalue weighted by atomic mass is 32.1. The SMILES string of the molecule is CC=Cc1cc(C(=O)NCc2nc(C)cs2)cc(OC)c1OC. The van der Waals surface area contributed by atoms with Crippen molar-refractivity contribution in [2.24, 2.45) is 0 Å². The Morgan fingerprint density at radius 1 is 1.35 bits per heavy atom. The first-order chi connectivity index (χ1) is 11.1. The number of nitrogens with one attached hydrogen (secondary N) is 1. The van der Waals surface area contributed by atoms with Crippen LogP contribution in [0.2, 0.25) is 0 Å². The molecule has 0 aliphatic heterocycles. The van der Waals surface area contributed by atoms with Gasteiger partial charge in [0.1, 0.15) is 5.01 Å². The maximum absolute atomic E-state index is 12.4. The number of ether oxygens (including phenoxy) is 2. The first-order valence-corrected chi connectivity index (χ1v) is 8.05. The summed E-state index contributed by atoms with van der Waals surface area (Å²) in [4.78, 5) is 16.7. The third kappa shape index (κ3) is 4.10. The molecule has 2 aromatic rings. The van der Waals surface area contributed by atoms with Gasteiger partial charge in [0.05, 0.1) is 20.8 Å². The number of allylic oxidation sites excluding steroid dienone is 1. The van der Waals surface area contributed by atoms with Crippen molar-refractivity contribution in [1.82, 2.24) is 10.3 Å². The molecule has 0 saturated heterocycles. The van der Waals surface area contributed by atoms with Crippen molar-refractivity contribution < 1.29 is 14.3 Å². The smallest absolute Gasteiger partial charge is 0.251 e. The Morgan fingerprint density at radius 3 is 2.70 bits per heavy atom. The number of thiazole rings is 1. The van der Waals surface area contributed by atoms with Crippen LogP contribution in [-0.2, 0) is 6.54 Å². The maximum Gasteiger partial charge on any atom is 0.251 e. The van der Waals surface area contributed by atoms with Crippen molar-refractivity contribution >= 4 is 23.3 Å². The van der Waals surface area contributed by atoms with Crippen LogP contribution in [0.15, 0.2) is 23.6 Å². The Kier molecular flexibility index (Phi) is 5.76. The number of aryl methyl sites for hydroxylation is 1. The molecule has 1 aromatic carbocycles. The lowest BCUT2D eigenvalue weighted by atomic mass is 10.1. The summed E-state index contributed by atoms with van der Waals surface area (Å²) >= 11 is 1.53. The Labute approximate surface area is 140 Å². The van der Waals surface area contributed by atoms with Crippen molar-refractivity contribution in [2.75, 3.05) is 14.2 Å². The molecule has 1 aromatic heterocycles. The molecule has 0 radical (unpaired) electrons. The van der Waals surface area contributed by atoms with Crippen molar-refractivity contribution in [3.05, 3.63) is 45.4 Å². The number of hydrogen-bond donors (Lipinski definition) is 1. The normalized spacial score (nSPS) is 10.8. The third-order valence-corrected chi connectivity index (χ3v) is 4.15. The number of rotatable bonds is 6. The van der Waals surface area contributed by atoms with Gasteiger partial charge in [0.2, 0.25) is 0 Å². The van der Waals surface area contributed by atoms with Crippen LogP contribution >= 0.6 is 11.3 Å². The predicted molar refractivity (Wildman–Crippen MR) is 92.3 cm³/mol. The van der Waals surface area contributed by atoms with Gasteiger partial charge in [-0.15, -0.1) is 11.3 Å². The highest BCUT2D eigenvalue weighted by Gasteiger charge is 2.15. The summed E-state index contributed by atoms with van der Waals surface area (Å²) in [6.07, 6.45) is 3.76. The molecule has 0 aliphatic carbocycles. The summed E-state index contributed by atoms with van der Waals surface area (Å²) < 4.78 is 10.7. The van der Waals surface area contributed by atoms with E-state index in [4.69, 9.17) is 9.47 Å². The minimum atomic E-state index is -0.176. The van der Waals surface area contributed by atoms with Gasteiger partial charge < -0.3 is 14.8 Å². The molecule has 5 nitrogen and oxygen atoms in total. The van der Waals surface area contributed by atoms with Crippen molar-refractivity contribution in [2.45, 2.75) is 20.4 Å². The molecule has 1 N–H and O–H groups in total. The van der Waals surface area contributed by atoms with E-state index in [0.29, 0.717) is 23.6 Å². The summed E-state index contributed by atoms with van der Waals surface area (Å²) in [5, 5.41) is 5.72. The summed E-state index contributed by atoms with van der Waals surface area (Å²) in [5.41, 5.74) is 2.27. The minimum absolute atomic E-state index is 0.176. The first-order valence-electron chi connectivity index (χ1n) is 7.17. The van der Waals surface area contributed by atoms with E-state index in [0.717, 1.165) is 16.3 Å². The van der Waals surface area contributed by atoms with Crippen LogP contribution in [0.5, 0.6) is 11.5 Å². The highest BCUT2D eigenvalue weighted by Crippen LogP contribution is 2.33. The number of nitrogens with zero attached hydrogens (tertiary/aromatic N) is 1. The molecular formula is C17H20N2O3S. The fraction of sp³-hybridized carbons (Fsp3) is 0.294. The van der Waals surface area contributed by atoms with Crippen LogP contribution in [0.4, 0.5) is 0 Å². The number of carbonyl (C=O) groups is 1. The average molecular weight is 332 g/mol. The lowest BCUT2D eigenvalue weighted by Crippen LogP contribution is -2.23.